The first kappa shape index (κ1) is 18.1. The molecule has 1 heteroatoms. The summed E-state index contributed by atoms with van der Waals surface area (Å²) in [5, 5.41) is 12.4. The third kappa shape index (κ3) is 2.58. The molecule has 1 N–H and O–H groups in total. The van der Waals surface area contributed by atoms with Crippen LogP contribution in [0.3, 0.4) is 0 Å². The number of benzene rings is 3. The molecule has 0 unspecified atom stereocenters. The van der Waals surface area contributed by atoms with E-state index in [-0.39, 0.29) is 5.41 Å². The summed E-state index contributed by atoms with van der Waals surface area (Å²) in [6, 6.07) is 18.6. The lowest BCUT2D eigenvalue weighted by atomic mass is 9.82. The molecular formula is C23H28O. The van der Waals surface area contributed by atoms with E-state index in [4.69, 9.17) is 0 Å². The van der Waals surface area contributed by atoms with Crippen LogP contribution in [0.1, 0.15) is 52.7 Å². The highest BCUT2D eigenvalue weighted by molar-refractivity contribution is 6.04. The van der Waals surface area contributed by atoms with Crippen LogP contribution in [0.25, 0.3) is 21.9 Å². The third-order valence-electron chi connectivity index (χ3n) is 4.57. The Labute approximate surface area is 146 Å². The molecular weight excluding hydrogens is 292 g/mol. The highest BCUT2D eigenvalue weighted by atomic mass is 16.3. The second kappa shape index (κ2) is 7.09. The van der Waals surface area contributed by atoms with Gasteiger partial charge in [0, 0.05) is 10.8 Å². The van der Waals surface area contributed by atoms with Gasteiger partial charge in [-0.1, -0.05) is 90.1 Å². The Kier molecular flexibility index (Phi) is 5.33. The van der Waals surface area contributed by atoms with Crippen molar-refractivity contribution in [2.24, 2.45) is 0 Å². The summed E-state index contributed by atoms with van der Waals surface area (Å²) < 4.78 is 0. The molecule has 1 nitrogen and oxygen atoms in total. The number of fused-ring (bicyclic) bond motifs is 5. The van der Waals surface area contributed by atoms with Crippen LogP contribution in [0.4, 0.5) is 0 Å². The summed E-state index contributed by atoms with van der Waals surface area (Å²) in [6.45, 7) is 12.5. The number of phenolic OH excluding ortho intramolecular Hbond substituents is 1. The first-order valence-corrected chi connectivity index (χ1v) is 8.96. The summed E-state index contributed by atoms with van der Waals surface area (Å²) in [5.74, 6) is 0.375. The lowest BCUT2D eigenvalue weighted by molar-refractivity contribution is 0.479. The van der Waals surface area contributed by atoms with Gasteiger partial charge in [0.05, 0.1) is 0 Å². The molecule has 3 aromatic rings. The molecule has 24 heavy (non-hydrogen) atoms. The highest BCUT2D eigenvalue weighted by Crippen LogP contribution is 2.52. The van der Waals surface area contributed by atoms with Gasteiger partial charge in [-0.2, -0.15) is 0 Å². The van der Waals surface area contributed by atoms with Gasteiger partial charge in [-0.25, -0.2) is 0 Å². The van der Waals surface area contributed by atoms with Gasteiger partial charge in [0.1, 0.15) is 5.75 Å². The molecule has 0 heterocycles. The largest absolute Gasteiger partial charge is 0.507 e. The van der Waals surface area contributed by atoms with Crippen molar-refractivity contribution in [3.05, 3.63) is 65.7 Å². The van der Waals surface area contributed by atoms with Crippen LogP contribution in [-0.2, 0) is 5.41 Å². The molecule has 126 valence electrons. The fourth-order valence-electron chi connectivity index (χ4n) is 3.53. The molecule has 0 radical (unpaired) electrons. The van der Waals surface area contributed by atoms with Crippen molar-refractivity contribution in [2.45, 2.75) is 47.0 Å². The van der Waals surface area contributed by atoms with Crippen LogP contribution in [0.2, 0.25) is 0 Å². The summed E-state index contributed by atoms with van der Waals surface area (Å²) in [4.78, 5) is 0. The monoisotopic (exact) mass is 320 g/mol. The summed E-state index contributed by atoms with van der Waals surface area (Å²) >= 11 is 0. The smallest absolute Gasteiger partial charge is 0.123 e. The number of aromatic hydroxyl groups is 1. The number of phenols is 1. The molecule has 0 fully saturated rings. The van der Waals surface area contributed by atoms with E-state index in [1.54, 1.807) is 0 Å². The van der Waals surface area contributed by atoms with Gasteiger partial charge >= 0.3 is 0 Å². The van der Waals surface area contributed by atoms with E-state index < -0.39 is 0 Å². The van der Waals surface area contributed by atoms with E-state index in [9.17, 15) is 5.11 Å². The molecule has 0 bridgehead atoms. The fraction of sp³-hybridized carbons (Fsp3) is 0.304. The van der Waals surface area contributed by atoms with E-state index in [0.717, 1.165) is 10.8 Å². The zero-order valence-electron chi connectivity index (χ0n) is 15.6. The van der Waals surface area contributed by atoms with E-state index >= 15 is 0 Å². The van der Waals surface area contributed by atoms with Gasteiger partial charge in [-0.15, -0.1) is 0 Å². The zero-order valence-corrected chi connectivity index (χ0v) is 15.6. The van der Waals surface area contributed by atoms with Gasteiger partial charge in [0.2, 0.25) is 0 Å². The molecule has 4 rings (SSSR count). The number of rotatable bonds is 0. The van der Waals surface area contributed by atoms with Crippen LogP contribution in [0.15, 0.2) is 54.6 Å². The number of hydrogen-bond donors (Lipinski definition) is 1. The molecule has 0 atom stereocenters. The topological polar surface area (TPSA) is 20.2 Å². The maximum atomic E-state index is 10.3. The van der Waals surface area contributed by atoms with Crippen LogP contribution in [-0.4, -0.2) is 5.11 Å². The van der Waals surface area contributed by atoms with Crippen LogP contribution < -0.4 is 0 Å². The van der Waals surface area contributed by atoms with Crippen LogP contribution >= 0.6 is 0 Å². The lowest BCUT2D eigenvalue weighted by Gasteiger charge is -2.21. The van der Waals surface area contributed by atoms with Crippen molar-refractivity contribution < 1.29 is 5.11 Å². The molecule has 1 aliphatic rings. The van der Waals surface area contributed by atoms with Crippen LogP contribution in [0.5, 0.6) is 5.75 Å². The second-order valence-electron chi connectivity index (χ2n) is 6.03. The third-order valence-corrected chi connectivity index (χ3v) is 4.57. The van der Waals surface area contributed by atoms with E-state index in [1.165, 1.54) is 22.3 Å². The van der Waals surface area contributed by atoms with Gasteiger partial charge < -0.3 is 5.11 Å². The molecule has 0 saturated carbocycles. The Balaban J connectivity index is 0.000000487. The molecule has 0 saturated heterocycles. The molecule has 0 aromatic heterocycles. The van der Waals surface area contributed by atoms with Gasteiger partial charge in [0.15, 0.2) is 0 Å². The molecule has 3 aromatic carbocycles. The molecule has 0 aliphatic heterocycles. The van der Waals surface area contributed by atoms with Crippen molar-refractivity contribution in [3.63, 3.8) is 0 Å². The van der Waals surface area contributed by atoms with Gasteiger partial charge in [0.25, 0.3) is 0 Å². The van der Waals surface area contributed by atoms with Crippen molar-refractivity contribution in [1.29, 1.82) is 0 Å². The lowest BCUT2D eigenvalue weighted by Crippen LogP contribution is -2.14. The van der Waals surface area contributed by atoms with Gasteiger partial charge in [-0.05, 0) is 33.7 Å². The van der Waals surface area contributed by atoms with Crippen molar-refractivity contribution in [3.8, 4) is 16.9 Å². The predicted molar refractivity (Wildman–Crippen MR) is 106 cm³/mol. The van der Waals surface area contributed by atoms with Gasteiger partial charge in [-0.3, -0.25) is 0 Å². The summed E-state index contributed by atoms with van der Waals surface area (Å²) in [6.07, 6.45) is 0. The molecule has 1 aliphatic carbocycles. The maximum Gasteiger partial charge on any atom is 0.123 e. The van der Waals surface area contributed by atoms with Crippen molar-refractivity contribution in [2.75, 3.05) is 0 Å². The normalized spacial score (nSPS) is 13.1. The fourth-order valence-corrected chi connectivity index (χ4v) is 3.53. The average molecular weight is 320 g/mol. The SMILES string of the molecule is CC.CC.CC1(C)c2ccccc2-c2c1cc(O)c1ccccc21. The Morgan fingerprint density at radius 2 is 1.25 bits per heavy atom. The quantitative estimate of drug-likeness (QED) is 0.477. The van der Waals surface area contributed by atoms with Crippen molar-refractivity contribution >= 4 is 10.8 Å². The van der Waals surface area contributed by atoms with E-state index in [0.29, 0.717) is 5.75 Å². The Hall–Kier alpha value is -2.28. The average Bonchev–Trinajstić information content (AvgIpc) is 2.87. The first-order chi connectivity index (χ1) is 11.6. The summed E-state index contributed by atoms with van der Waals surface area (Å²) in [7, 11) is 0. The minimum Gasteiger partial charge on any atom is -0.507 e. The second-order valence-corrected chi connectivity index (χ2v) is 6.03. The standard InChI is InChI=1S/C19H16O.2C2H6/c1-19(2)15-10-6-5-9-14(15)18-13-8-4-3-7-12(13)17(20)11-16(18)19;2*1-2/h3-11,20H,1-2H3;2*1-2H3. The Bertz CT molecular complexity index is 844. The minimum absolute atomic E-state index is 0.0621. The van der Waals surface area contributed by atoms with Crippen LogP contribution in [0, 0.1) is 0 Å². The first-order valence-electron chi connectivity index (χ1n) is 8.96. The Morgan fingerprint density at radius 1 is 0.708 bits per heavy atom. The highest BCUT2D eigenvalue weighted by Gasteiger charge is 2.36. The Morgan fingerprint density at radius 3 is 1.92 bits per heavy atom. The predicted octanol–water partition coefficient (Wildman–Crippen LogP) is 6.90. The van der Waals surface area contributed by atoms with E-state index in [1.807, 2.05) is 52.0 Å². The molecule has 0 amide bonds. The zero-order chi connectivity index (χ0) is 17.9. The number of hydrogen-bond acceptors (Lipinski definition) is 1. The minimum atomic E-state index is -0.0621. The summed E-state index contributed by atoms with van der Waals surface area (Å²) in [5.41, 5.74) is 5.07. The maximum absolute atomic E-state index is 10.3. The molecule has 0 spiro atoms. The van der Waals surface area contributed by atoms with E-state index in [2.05, 4.69) is 44.2 Å². The van der Waals surface area contributed by atoms with Crippen molar-refractivity contribution in [1.82, 2.24) is 0 Å².